The van der Waals surface area contributed by atoms with Crippen LogP contribution in [0.4, 0.5) is 0 Å². The fourth-order valence-electron chi connectivity index (χ4n) is 1.33. The molecule has 92 valence electrons. The molecule has 2 heterocycles. The molecule has 0 saturated heterocycles. The van der Waals surface area contributed by atoms with E-state index in [1.54, 1.807) is 6.07 Å². The highest BCUT2D eigenvalue weighted by molar-refractivity contribution is 7.12. The Morgan fingerprint density at radius 3 is 3.00 bits per heavy atom. The largest absolute Gasteiger partial charge is 0.384 e. The minimum Gasteiger partial charge on any atom is -0.384 e. The van der Waals surface area contributed by atoms with E-state index >= 15 is 0 Å². The number of aliphatic hydroxyl groups is 1. The first-order valence-electron chi connectivity index (χ1n) is 5.28. The molecule has 0 unspecified atom stereocenters. The molecule has 0 aromatic carbocycles. The normalized spacial score (nSPS) is 9.61. The van der Waals surface area contributed by atoms with Gasteiger partial charge in [0, 0.05) is 15.8 Å². The van der Waals surface area contributed by atoms with Gasteiger partial charge in [-0.15, -0.1) is 11.3 Å². The van der Waals surface area contributed by atoms with E-state index in [-0.39, 0.29) is 12.5 Å². The first-order chi connectivity index (χ1) is 8.79. The molecule has 0 aliphatic heterocycles. The lowest BCUT2D eigenvalue weighted by molar-refractivity contribution is 0.0952. The van der Waals surface area contributed by atoms with Gasteiger partial charge in [0.2, 0.25) is 0 Å². The van der Waals surface area contributed by atoms with Crippen molar-refractivity contribution in [2.24, 2.45) is 0 Å². The quantitative estimate of drug-likeness (QED) is 0.844. The summed E-state index contributed by atoms with van der Waals surface area (Å²) >= 11 is 3.02. The third-order valence-electron chi connectivity index (χ3n) is 2.16. The first-order valence-corrected chi connectivity index (χ1v) is 7.04. The molecule has 2 N–H and O–H groups in total. The molecule has 0 spiro atoms. The minimum absolute atomic E-state index is 0.0624. The van der Waals surface area contributed by atoms with Gasteiger partial charge in [-0.1, -0.05) is 11.8 Å². The van der Waals surface area contributed by atoms with Gasteiger partial charge in [-0.2, -0.15) is 11.3 Å². The van der Waals surface area contributed by atoms with Crippen LogP contribution in [0.15, 0.2) is 29.0 Å². The fourth-order valence-corrected chi connectivity index (χ4v) is 2.79. The third-order valence-corrected chi connectivity index (χ3v) is 3.84. The van der Waals surface area contributed by atoms with E-state index in [9.17, 15) is 4.79 Å². The van der Waals surface area contributed by atoms with E-state index in [4.69, 9.17) is 5.11 Å². The zero-order chi connectivity index (χ0) is 12.8. The summed E-state index contributed by atoms with van der Waals surface area (Å²) in [6, 6.07) is 5.62. The van der Waals surface area contributed by atoms with Gasteiger partial charge in [-0.25, -0.2) is 0 Å². The second-order valence-electron chi connectivity index (χ2n) is 3.42. The van der Waals surface area contributed by atoms with Crippen molar-refractivity contribution in [2.45, 2.75) is 6.54 Å². The predicted molar refractivity (Wildman–Crippen MR) is 73.8 cm³/mol. The molecule has 0 radical (unpaired) electrons. The van der Waals surface area contributed by atoms with Gasteiger partial charge in [0.05, 0.1) is 11.4 Å². The van der Waals surface area contributed by atoms with Crippen molar-refractivity contribution in [1.82, 2.24) is 5.32 Å². The third kappa shape index (κ3) is 3.44. The summed E-state index contributed by atoms with van der Waals surface area (Å²) in [6.07, 6.45) is 0. The van der Waals surface area contributed by atoms with Gasteiger partial charge in [-0.05, 0) is 23.6 Å². The summed E-state index contributed by atoms with van der Waals surface area (Å²) in [5.74, 6) is 5.37. The number of rotatable bonds is 3. The van der Waals surface area contributed by atoms with Gasteiger partial charge in [0.25, 0.3) is 5.91 Å². The van der Waals surface area contributed by atoms with Crippen molar-refractivity contribution in [3.63, 3.8) is 0 Å². The SMILES string of the molecule is O=C(NCc1ccc(C#CCO)s1)c1ccsc1. The maximum Gasteiger partial charge on any atom is 0.252 e. The highest BCUT2D eigenvalue weighted by Crippen LogP contribution is 2.15. The molecule has 2 rings (SSSR count). The van der Waals surface area contributed by atoms with Crippen molar-refractivity contribution >= 4 is 28.6 Å². The van der Waals surface area contributed by atoms with E-state index in [0.29, 0.717) is 12.1 Å². The Kier molecular flexibility index (Phi) is 4.53. The summed E-state index contributed by atoms with van der Waals surface area (Å²) in [6.45, 7) is 0.363. The maximum absolute atomic E-state index is 11.7. The van der Waals surface area contributed by atoms with Crippen LogP contribution in [0.2, 0.25) is 0 Å². The van der Waals surface area contributed by atoms with Crippen molar-refractivity contribution < 1.29 is 9.90 Å². The van der Waals surface area contributed by atoms with Gasteiger partial charge >= 0.3 is 0 Å². The number of hydrogen-bond acceptors (Lipinski definition) is 4. The lowest BCUT2D eigenvalue weighted by Crippen LogP contribution is -2.21. The number of amides is 1. The molecule has 2 aromatic rings. The lowest BCUT2D eigenvalue weighted by Gasteiger charge is -2.00. The molecular formula is C13H11NO2S2. The number of carbonyl (C=O) groups excluding carboxylic acids is 1. The van der Waals surface area contributed by atoms with Crippen molar-refractivity contribution in [1.29, 1.82) is 0 Å². The summed E-state index contributed by atoms with van der Waals surface area (Å²) in [4.78, 5) is 13.6. The summed E-state index contributed by atoms with van der Waals surface area (Å²) in [5, 5.41) is 15.1. The molecular weight excluding hydrogens is 266 g/mol. The van der Waals surface area contributed by atoms with Crippen LogP contribution >= 0.6 is 22.7 Å². The van der Waals surface area contributed by atoms with E-state index in [2.05, 4.69) is 17.2 Å². The number of carbonyl (C=O) groups is 1. The zero-order valence-corrected chi connectivity index (χ0v) is 11.1. The van der Waals surface area contributed by atoms with Crippen LogP contribution in [-0.4, -0.2) is 17.6 Å². The molecule has 1 amide bonds. The summed E-state index contributed by atoms with van der Waals surface area (Å²) in [5.41, 5.74) is 0.692. The van der Waals surface area contributed by atoms with Crippen molar-refractivity contribution in [3.05, 3.63) is 44.3 Å². The predicted octanol–water partition coefficient (Wildman–Crippen LogP) is 2.08. The van der Waals surface area contributed by atoms with Crippen LogP contribution in [0.1, 0.15) is 20.1 Å². The van der Waals surface area contributed by atoms with E-state index < -0.39 is 0 Å². The van der Waals surface area contributed by atoms with Gasteiger partial charge in [0.15, 0.2) is 0 Å². The van der Waals surface area contributed by atoms with Crippen molar-refractivity contribution in [3.8, 4) is 11.8 Å². The Bertz CT molecular complexity index is 576. The highest BCUT2D eigenvalue weighted by Gasteiger charge is 2.05. The molecule has 0 saturated carbocycles. The van der Waals surface area contributed by atoms with E-state index in [1.165, 1.54) is 22.7 Å². The molecule has 0 bridgehead atoms. The van der Waals surface area contributed by atoms with Crippen LogP contribution in [0.25, 0.3) is 0 Å². The Morgan fingerprint density at radius 1 is 1.39 bits per heavy atom. The number of aliphatic hydroxyl groups excluding tert-OH is 1. The molecule has 0 fully saturated rings. The fraction of sp³-hybridized carbons (Fsp3) is 0.154. The highest BCUT2D eigenvalue weighted by atomic mass is 32.1. The monoisotopic (exact) mass is 277 g/mol. The summed E-state index contributed by atoms with van der Waals surface area (Å²) < 4.78 is 0. The van der Waals surface area contributed by atoms with Gasteiger partial charge < -0.3 is 10.4 Å². The summed E-state index contributed by atoms with van der Waals surface area (Å²) in [7, 11) is 0. The second-order valence-corrected chi connectivity index (χ2v) is 5.37. The lowest BCUT2D eigenvalue weighted by atomic mass is 10.3. The molecule has 5 heteroatoms. The number of thiophene rings is 2. The van der Waals surface area contributed by atoms with E-state index in [0.717, 1.165) is 9.75 Å². The Hall–Kier alpha value is -1.61. The average molecular weight is 277 g/mol. The second kappa shape index (κ2) is 6.36. The van der Waals surface area contributed by atoms with Crippen LogP contribution in [0.3, 0.4) is 0 Å². The molecule has 0 atom stereocenters. The molecule has 3 nitrogen and oxygen atoms in total. The zero-order valence-electron chi connectivity index (χ0n) is 9.47. The average Bonchev–Trinajstić information content (AvgIpc) is 3.04. The van der Waals surface area contributed by atoms with Crippen LogP contribution < -0.4 is 5.32 Å². The maximum atomic E-state index is 11.7. The van der Waals surface area contributed by atoms with Gasteiger partial charge in [0.1, 0.15) is 6.61 Å². The van der Waals surface area contributed by atoms with Crippen molar-refractivity contribution in [2.75, 3.05) is 6.61 Å². The minimum atomic E-state index is -0.137. The van der Waals surface area contributed by atoms with E-state index in [1.807, 2.05) is 22.9 Å². The Labute approximate surface area is 113 Å². The number of hydrogen-bond donors (Lipinski definition) is 2. The topological polar surface area (TPSA) is 49.3 Å². The number of nitrogens with one attached hydrogen (secondary N) is 1. The molecule has 2 aromatic heterocycles. The molecule has 0 aliphatic carbocycles. The van der Waals surface area contributed by atoms with Gasteiger partial charge in [-0.3, -0.25) is 4.79 Å². The first kappa shape index (κ1) is 12.8. The molecule has 18 heavy (non-hydrogen) atoms. The standard InChI is InChI=1S/C13H11NO2S2/c15-6-1-2-11-3-4-12(18-11)8-14-13(16)10-5-7-17-9-10/h3-5,7,9,15H,6,8H2,(H,14,16). The molecule has 0 aliphatic rings. The van der Waals surface area contributed by atoms with Crippen LogP contribution in [-0.2, 0) is 6.54 Å². The Balaban J connectivity index is 1.90. The van der Waals surface area contributed by atoms with Crippen LogP contribution in [0, 0.1) is 11.8 Å². The Morgan fingerprint density at radius 2 is 2.28 bits per heavy atom. The van der Waals surface area contributed by atoms with Crippen LogP contribution in [0.5, 0.6) is 0 Å². The smallest absolute Gasteiger partial charge is 0.252 e.